The van der Waals surface area contributed by atoms with Crippen molar-refractivity contribution in [2.24, 2.45) is 5.92 Å². The lowest BCUT2D eigenvalue weighted by molar-refractivity contribution is -0.135. The molecule has 0 fully saturated rings. The predicted octanol–water partition coefficient (Wildman–Crippen LogP) is 2.62. The van der Waals surface area contributed by atoms with E-state index in [1.54, 1.807) is 27.1 Å². The number of rotatable bonds is 7. The van der Waals surface area contributed by atoms with Gasteiger partial charge in [-0.2, -0.15) is 5.10 Å². The molecular weight excluding hydrogens is 348 g/mol. The fourth-order valence-electron chi connectivity index (χ4n) is 3.13. The number of thiophene rings is 1. The SMILES string of the molecule is CC(C)CCC(=O)N1Cc2ccnn2C(C(=O)NCCc2cccs2)C1. The minimum absolute atomic E-state index is 0.0761. The maximum Gasteiger partial charge on any atom is 0.246 e. The number of nitrogens with one attached hydrogen (secondary N) is 1. The minimum Gasteiger partial charge on any atom is -0.354 e. The van der Waals surface area contributed by atoms with Crippen LogP contribution < -0.4 is 5.32 Å². The Bertz CT molecular complexity index is 739. The maximum atomic E-state index is 12.7. The molecule has 1 aliphatic heterocycles. The van der Waals surface area contributed by atoms with Gasteiger partial charge < -0.3 is 10.2 Å². The molecule has 0 saturated carbocycles. The molecule has 2 aromatic heterocycles. The third-order valence-electron chi connectivity index (χ3n) is 4.64. The minimum atomic E-state index is -0.458. The number of aromatic nitrogens is 2. The summed E-state index contributed by atoms with van der Waals surface area (Å²) in [6, 6.07) is 5.51. The molecule has 1 N–H and O–H groups in total. The number of hydrogen-bond acceptors (Lipinski definition) is 4. The van der Waals surface area contributed by atoms with Crippen molar-refractivity contribution in [1.29, 1.82) is 0 Å². The Morgan fingerprint density at radius 3 is 2.96 bits per heavy atom. The van der Waals surface area contributed by atoms with Crippen molar-refractivity contribution in [3.05, 3.63) is 40.3 Å². The van der Waals surface area contributed by atoms with E-state index in [0.29, 0.717) is 32.0 Å². The van der Waals surface area contributed by atoms with E-state index < -0.39 is 6.04 Å². The molecule has 0 saturated heterocycles. The number of hydrogen-bond donors (Lipinski definition) is 1. The molecule has 6 nitrogen and oxygen atoms in total. The Morgan fingerprint density at radius 2 is 2.23 bits per heavy atom. The lowest BCUT2D eigenvalue weighted by atomic mass is 10.1. The zero-order valence-electron chi connectivity index (χ0n) is 15.4. The van der Waals surface area contributed by atoms with Gasteiger partial charge in [0.05, 0.1) is 18.8 Å². The van der Waals surface area contributed by atoms with Crippen molar-refractivity contribution >= 4 is 23.2 Å². The molecule has 26 heavy (non-hydrogen) atoms. The van der Waals surface area contributed by atoms with Gasteiger partial charge in [-0.25, -0.2) is 0 Å². The molecule has 1 aliphatic rings. The number of carbonyl (C=O) groups is 2. The average Bonchev–Trinajstić information content (AvgIpc) is 3.29. The van der Waals surface area contributed by atoms with Gasteiger partial charge in [0.15, 0.2) is 0 Å². The van der Waals surface area contributed by atoms with Gasteiger partial charge in [-0.1, -0.05) is 19.9 Å². The number of amides is 2. The van der Waals surface area contributed by atoms with Crippen LogP contribution in [0.4, 0.5) is 0 Å². The van der Waals surface area contributed by atoms with E-state index in [-0.39, 0.29) is 11.8 Å². The Balaban J connectivity index is 1.61. The average molecular weight is 375 g/mol. The summed E-state index contributed by atoms with van der Waals surface area (Å²) in [7, 11) is 0. The van der Waals surface area contributed by atoms with Gasteiger partial charge in [0.25, 0.3) is 0 Å². The van der Waals surface area contributed by atoms with Gasteiger partial charge in [0.1, 0.15) is 6.04 Å². The van der Waals surface area contributed by atoms with Crippen LogP contribution in [0.25, 0.3) is 0 Å². The third kappa shape index (κ3) is 4.52. The van der Waals surface area contributed by atoms with E-state index in [9.17, 15) is 9.59 Å². The highest BCUT2D eigenvalue weighted by atomic mass is 32.1. The zero-order valence-corrected chi connectivity index (χ0v) is 16.2. The highest BCUT2D eigenvalue weighted by Gasteiger charge is 2.32. The second kappa shape index (κ2) is 8.49. The summed E-state index contributed by atoms with van der Waals surface area (Å²) in [6.45, 7) is 5.73. The van der Waals surface area contributed by atoms with E-state index in [1.807, 2.05) is 17.5 Å². The van der Waals surface area contributed by atoms with Crippen molar-refractivity contribution < 1.29 is 9.59 Å². The van der Waals surface area contributed by atoms with Gasteiger partial charge in [-0.15, -0.1) is 11.3 Å². The molecule has 140 valence electrons. The van der Waals surface area contributed by atoms with Crippen LogP contribution in [0.3, 0.4) is 0 Å². The topological polar surface area (TPSA) is 67.2 Å². The van der Waals surface area contributed by atoms with E-state index in [4.69, 9.17) is 0 Å². The maximum absolute atomic E-state index is 12.7. The molecular formula is C19H26N4O2S. The molecule has 7 heteroatoms. The van der Waals surface area contributed by atoms with Crippen molar-refractivity contribution in [2.45, 2.75) is 45.7 Å². The first kappa shape index (κ1) is 18.6. The van der Waals surface area contributed by atoms with Crippen molar-refractivity contribution in [1.82, 2.24) is 20.0 Å². The smallest absolute Gasteiger partial charge is 0.246 e. The molecule has 0 spiro atoms. The molecule has 0 aromatic carbocycles. The van der Waals surface area contributed by atoms with E-state index in [2.05, 4.69) is 30.3 Å². The van der Waals surface area contributed by atoms with Crippen LogP contribution in [-0.4, -0.2) is 39.6 Å². The molecule has 2 aromatic rings. The first-order valence-electron chi connectivity index (χ1n) is 9.15. The molecule has 1 unspecified atom stereocenters. The summed E-state index contributed by atoms with van der Waals surface area (Å²) < 4.78 is 1.76. The predicted molar refractivity (Wildman–Crippen MR) is 102 cm³/mol. The van der Waals surface area contributed by atoms with Gasteiger partial charge in [0.2, 0.25) is 11.8 Å². The normalized spacial score (nSPS) is 16.6. The molecule has 3 heterocycles. The summed E-state index contributed by atoms with van der Waals surface area (Å²) in [5, 5.41) is 9.34. The fourth-order valence-corrected chi connectivity index (χ4v) is 3.84. The first-order chi connectivity index (χ1) is 12.5. The molecule has 2 amide bonds. The lowest BCUT2D eigenvalue weighted by Crippen LogP contribution is -2.47. The summed E-state index contributed by atoms with van der Waals surface area (Å²) in [5.74, 6) is 0.529. The summed E-state index contributed by atoms with van der Waals surface area (Å²) in [5.41, 5.74) is 0.910. The standard InChI is InChI=1S/C19H26N4O2S/c1-14(2)5-6-18(24)22-12-15-7-10-21-23(15)17(13-22)19(25)20-9-8-16-4-3-11-26-16/h3-4,7,10-11,14,17H,5-6,8-9,12-13H2,1-2H3,(H,20,25). The number of nitrogens with zero attached hydrogens (tertiary/aromatic N) is 3. The first-order valence-corrected chi connectivity index (χ1v) is 10.0. The lowest BCUT2D eigenvalue weighted by Gasteiger charge is -2.33. The van der Waals surface area contributed by atoms with Crippen molar-refractivity contribution in [3.8, 4) is 0 Å². The molecule has 1 atom stereocenters. The van der Waals surface area contributed by atoms with Crippen molar-refractivity contribution in [3.63, 3.8) is 0 Å². The van der Waals surface area contributed by atoms with Crippen LogP contribution >= 0.6 is 11.3 Å². The van der Waals surface area contributed by atoms with Gasteiger partial charge in [-0.3, -0.25) is 14.3 Å². The second-order valence-electron chi connectivity index (χ2n) is 7.11. The zero-order chi connectivity index (χ0) is 18.5. The Hall–Kier alpha value is -2.15. The van der Waals surface area contributed by atoms with Crippen LogP contribution in [0.5, 0.6) is 0 Å². The van der Waals surface area contributed by atoms with Crippen LogP contribution in [-0.2, 0) is 22.6 Å². The Kier molecular flexibility index (Phi) is 6.08. The molecule has 0 bridgehead atoms. The fraction of sp³-hybridized carbons (Fsp3) is 0.526. The quantitative estimate of drug-likeness (QED) is 0.810. The molecule has 3 rings (SSSR count). The monoisotopic (exact) mass is 374 g/mol. The highest BCUT2D eigenvalue weighted by Crippen LogP contribution is 2.22. The summed E-state index contributed by atoms with van der Waals surface area (Å²) >= 11 is 1.69. The highest BCUT2D eigenvalue weighted by molar-refractivity contribution is 7.09. The van der Waals surface area contributed by atoms with Gasteiger partial charge in [0, 0.05) is 24.0 Å². The van der Waals surface area contributed by atoms with E-state index in [1.165, 1.54) is 4.88 Å². The summed E-state index contributed by atoms with van der Waals surface area (Å²) in [4.78, 5) is 28.3. The third-order valence-corrected chi connectivity index (χ3v) is 5.57. The summed E-state index contributed by atoms with van der Waals surface area (Å²) in [6.07, 6.45) is 3.91. The Morgan fingerprint density at radius 1 is 1.38 bits per heavy atom. The van der Waals surface area contributed by atoms with Gasteiger partial charge in [-0.05, 0) is 36.3 Å². The number of fused-ring (bicyclic) bond motifs is 1. The van der Waals surface area contributed by atoms with E-state index in [0.717, 1.165) is 18.5 Å². The number of carbonyl (C=O) groups excluding carboxylic acids is 2. The van der Waals surface area contributed by atoms with E-state index >= 15 is 0 Å². The van der Waals surface area contributed by atoms with Crippen LogP contribution in [0.2, 0.25) is 0 Å². The van der Waals surface area contributed by atoms with Crippen LogP contribution in [0, 0.1) is 5.92 Å². The molecule has 0 radical (unpaired) electrons. The van der Waals surface area contributed by atoms with Gasteiger partial charge >= 0.3 is 0 Å². The van der Waals surface area contributed by atoms with Crippen LogP contribution in [0.15, 0.2) is 29.8 Å². The van der Waals surface area contributed by atoms with Crippen LogP contribution in [0.1, 0.15) is 43.3 Å². The second-order valence-corrected chi connectivity index (χ2v) is 8.14. The largest absolute Gasteiger partial charge is 0.354 e. The molecule has 0 aliphatic carbocycles. The van der Waals surface area contributed by atoms with Crippen molar-refractivity contribution in [2.75, 3.05) is 13.1 Å². The Labute approximate surface area is 158 Å².